The first-order chi connectivity index (χ1) is 9.69. The number of hydrogen-bond acceptors (Lipinski definition) is 3. The predicted molar refractivity (Wildman–Crippen MR) is 81.9 cm³/mol. The van der Waals surface area contributed by atoms with Crippen LogP contribution in [0.15, 0.2) is 48.8 Å². The molecule has 0 radical (unpaired) electrons. The Labute approximate surface area is 121 Å². The van der Waals surface area contributed by atoms with Gasteiger partial charge in [-0.25, -0.2) is 0 Å². The fourth-order valence-electron chi connectivity index (χ4n) is 2.19. The van der Waals surface area contributed by atoms with Crippen LogP contribution in [0.1, 0.15) is 31.0 Å². The molecule has 0 saturated carbocycles. The molecule has 1 N–H and O–H groups in total. The molecule has 0 aliphatic heterocycles. The summed E-state index contributed by atoms with van der Waals surface area (Å²) in [5.41, 5.74) is 2.54. The number of nitrogens with one attached hydrogen (secondary N) is 1. The average molecular weight is 270 g/mol. The smallest absolute Gasteiger partial charge is 0.119 e. The van der Waals surface area contributed by atoms with Gasteiger partial charge in [-0.15, -0.1) is 0 Å². The molecule has 0 bridgehead atoms. The van der Waals surface area contributed by atoms with Crippen molar-refractivity contribution in [1.29, 1.82) is 0 Å². The lowest BCUT2D eigenvalue weighted by Gasteiger charge is -2.17. The van der Waals surface area contributed by atoms with E-state index >= 15 is 0 Å². The third-order valence-corrected chi connectivity index (χ3v) is 3.19. The maximum absolute atomic E-state index is 5.67. The Morgan fingerprint density at radius 1 is 1.05 bits per heavy atom. The van der Waals surface area contributed by atoms with Crippen molar-refractivity contribution in [2.24, 2.45) is 0 Å². The van der Waals surface area contributed by atoms with Gasteiger partial charge in [-0.3, -0.25) is 4.98 Å². The van der Waals surface area contributed by atoms with Gasteiger partial charge in [-0.2, -0.15) is 0 Å². The number of aromatic nitrogens is 1. The molecule has 0 aliphatic rings. The third kappa shape index (κ3) is 4.07. The molecular weight excluding hydrogens is 248 g/mol. The number of benzene rings is 1. The zero-order chi connectivity index (χ0) is 14.4. The van der Waals surface area contributed by atoms with E-state index in [1.54, 1.807) is 0 Å². The zero-order valence-corrected chi connectivity index (χ0v) is 12.3. The highest BCUT2D eigenvalue weighted by Crippen LogP contribution is 2.21. The number of ether oxygens (including phenoxy) is 1. The maximum atomic E-state index is 5.67. The van der Waals surface area contributed by atoms with Gasteiger partial charge in [0.05, 0.1) is 6.10 Å². The van der Waals surface area contributed by atoms with Crippen molar-refractivity contribution in [3.05, 3.63) is 59.9 Å². The Morgan fingerprint density at radius 2 is 1.70 bits per heavy atom. The molecule has 1 unspecified atom stereocenters. The predicted octanol–water partition coefficient (Wildman–Crippen LogP) is 3.37. The van der Waals surface area contributed by atoms with E-state index in [-0.39, 0.29) is 6.10 Å². The van der Waals surface area contributed by atoms with Crippen LogP contribution in [0.25, 0.3) is 0 Å². The van der Waals surface area contributed by atoms with Gasteiger partial charge in [-0.05, 0) is 62.7 Å². The molecule has 2 rings (SSSR count). The summed E-state index contributed by atoms with van der Waals surface area (Å²) in [5, 5.41) is 3.37. The molecule has 3 heteroatoms. The fraction of sp³-hybridized carbons (Fsp3) is 0.353. The Morgan fingerprint density at radius 3 is 2.25 bits per heavy atom. The highest BCUT2D eigenvalue weighted by atomic mass is 16.5. The molecule has 20 heavy (non-hydrogen) atoms. The summed E-state index contributed by atoms with van der Waals surface area (Å²) in [4.78, 5) is 4.05. The summed E-state index contributed by atoms with van der Waals surface area (Å²) in [7, 11) is 1.99. The van der Waals surface area contributed by atoms with Gasteiger partial charge < -0.3 is 10.1 Å². The Balaban J connectivity index is 2.07. The summed E-state index contributed by atoms with van der Waals surface area (Å²) in [6.07, 6.45) is 4.82. The fourth-order valence-corrected chi connectivity index (χ4v) is 2.19. The topological polar surface area (TPSA) is 34.2 Å². The van der Waals surface area contributed by atoms with Crippen LogP contribution in [-0.4, -0.2) is 18.1 Å². The highest BCUT2D eigenvalue weighted by Gasteiger charge is 2.10. The molecule has 1 heterocycles. The molecule has 106 valence electrons. The molecule has 0 saturated heterocycles. The third-order valence-electron chi connectivity index (χ3n) is 3.19. The summed E-state index contributed by atoms with van der Waals surface area (Å²) in [6, 6.07) is 12.7. The second kappa shape index (κ2) is 7.06. The summed E-state index contributed by atoms with van der Waals surface area (Å²) in [5.74, 6) is 0.919. The lowest BCUT2D eigenvalue weighted by Crippen LogP contribution is -2.18. The number of pyridine rings is 1. The maximum Gasteiger partial charge on any atom is 0.119 e. The first-order valence-electron chi connectivity index (χ1n) is 7.02. The van der Waals surface area contributed by atoms with E-state index in [0.717, 1.165) is 12.2 Å². The van der Waals surface area contributed by atoms with E-state index in [1.807, 2.05) is 45.4 Å². The molecule has 0 aliphatic carbocycles. The van der Waals surface area contributed by atoms with Crippen molar-refractivity contribution in [2.45, 2.75) is 32.4 Å². The second-order valence-corrected chi connectivity index (χ2v) is 5.14. The van der Waals surface area contributed by atoms with Crippen molar-refractivity contribution in [3.8, 4) is 5.75 Å². The first-order valence-corrected chi connectivity index (χ1v) is 7.02. The molecule has 2 aromatic rings. The molecule has 0 amide bonds. The van der Waals surface area contributed by atoms with E-state index in [9.17, 15) is 0 Å². The van der Waals surface area contributed by atoms with E-state index in [2.05, 4.69) is 34.6 Å². The van der Waals surface area contributed by atoms with Crippen LogP contribution in [-0.2, 0) is 6.42 Å². The van der Waals surface area contributed by atoms with Crippen molar-refractivity contribution < 1.29 is 4.74 Å². The van der Waals surface area contributed by atoms with Gasteiger partial charge in [0, 0.05) is 18.4 Å². The lowest BCUT2D eigenvalue weighted by molar-refractivity contribution is 0.242. The number of hydrogen-bond donors (Lipinski definition) is 1. The lowest BCUT2D eigenvalue weighted by atomic mass is 9.99. The summed E-state index contributed by atoms with van der Waals surface area (Å²) >= 11 is 0. The van der Waals surface area contributed by atoms with Gasteiger partial charge in [0.25, 0.3) is 0 Å². The largest absolute Gasteiger partial charge is 0.491 e. The van der Waals surface area contributed by atoms with Crippen LogP contribution in [0, 0.1) is 0 Å². The van der Waals surface area contributed by atoms with Crippen molar-refractivity contribution in [1.82, 2.24) is 10.3 Å². The van der Waals surface area contributed by atoms with Crippen LogP contribution >= 0.6 is 0 Å². The first kappa shape index (κ1) is 14.5. The van der Waals surface area contributed by atoms with Gasteiger partial charge in [-0.1, -0.05) is 12.1 Å². The summed E-state index contributed by atoms with van der Waals surface area (Å²) in [6.45, 7) is 4.07. The normalized spacial score (nSPS) is 12.4. The quantitative estimate of drug-likeness (QED) is 0.874. The second-order valence-electron chi connectivity index (χ2n) is 5.14. The standard InChI is InChI=1S/C17H22N2O/c1-13(2)20-16-6-4-15(5-7-16)17(18-3)12-14-8-10-19-11-9-14/h4-11,13,17-18H,12H2,1-3H3. The highest BCUT2D eigenvalue weighted by molar-refractivity contribution is 5.30. The van der Waals surface area contributed by atoms with E-state index in [1.165, 1.54) is 11.1 Å². The Hall–Kier alpha value is -1.87. The molecular formula is C17H22N2O. The Bertz CT molecular complexity index is 508. The molecule has 1 atom stereocenters. The Kier molecular flexibility index (Phi) is 5.13. The van der Waals surface area contributed by atoms with E-state index in [4.69, 9.17) is 4.74 Å². The van der Waals surface area contributed by atoms with Crippen LogP contribution in [0.2, 0.25) is 0 Å². The SMILES string of the molecule is CNC(Cc1ccncc1)c1ccc(OC(C)C)cc1. The average Bonchev–Trinajstić information content (AvgIpc) is 2.46. The molecule has 1 aromatic carbocycles. The number of nitrogens with zero attached hydrogens (tertiary/aromatic N) is 1. The minimum Gasteiger partial charge on any atom is -0.491 e. The van der Waals surface area contributed by atoms with Gasteiger partial charge in [0.15, 0.2) is 0 Å². The molecule has 0 fully saturated rings. The van der Waals surface area contributed by atoms with Gasteiger partial charge >= 0.3 is 0 Å². The van der Waals surface area contributed by atoms with Crippen LogP contribution < -0.4 is 10.1 Å². The minimum absolute atomic E-state index is 0.206. The molecule has 0 spiro atoms. The van der Waals surface area contributed by atoms with Crippen LogP contribution in [0.4, 0.5) is 0 Å². The van der Waals surface area contributed by atoms with Gasteiger partial charge in [0.2, 0.25) is 0 Å². The van der Waals surface area contributed by atoms with Gasteiger partial charge in [0.1, 0.15) is 5.75 Å². The van der Waals surface area contributed by atoms with Crippen LogP contribution in [0.3, 0.4) is 0 Å². The zero-order valence-electron chi connectivity index (χ0n) is 12.3. The number of likely N-dealkylation sites (N-methyl/N-ethyl adjacent to an activating group) is 1. The van der Waals surface area contributed by atoms with Crippen molar-refractivity contribution in [2.75, 3.05) is 7.05 Å². The van der Waals surface area contributed by atoms with Crippen molar-refractivity contribution >= 4 is 0 Å². The van der Waals surface area contributed by atoms with E-state index in [0.29, 0.717) is 6.04 Å². The monoisotopic (exact) mass is 270 g/mol. The van der Waals surface area contributed by atoms with Crippen molar-refractivity contribution in [3.63, 3.8) is 0 Å². The number of rotatable bonds is 6. The van der Waals surface area contributed by atoms with Crippen LogP contribution in [0.5, 0.6) is 5.75 Å². The summed E-state index contributed by atoms with van der Waals surface area (Å²) < 4.78 is 5.67. The minimum atomic E-state index is 0.206. The molecule has 3 nitrogen and oxygen atoms in total. The molecule has 1 aromatic heterocycles. The van der Waals surface area contributed by atoms with E-state index < -0.39 is 0 Å².